The second-order valence-electron chi connectivity index (χ2n) is 7.32. The van der Waals surface area contributed by atoms with Crippen LogP contribution in [0, 0.1) is 0 Å². The molecule has 1 amide bonds. The molecule has 164 valence electrons. The molecule has 1 aliphatic carbocycles. The van der Waals surface area contributed by atoms with Crippen molar-refractivity contribution in [1.82, 2.24) is 24.5 Å². The van der Waals surface area contributed by atoms with Gasteiger partial charge in [-0.2, -0.15) is 18.3 Å². The highest BCUT2D eigenvalue weighted by molar-refractivity contribution is 9.10. The maximum atomic E-state index is 13.3. The number of carbonyl (C=O) groups is 1. The Balaban J connectivity index is 1.49. The maximum Gasteiger partial charge on any atom is 0.436 e. The molecule has 0 aliphatic heterocycles. The number of hydrogen-bond acceptors (Lipinski definition) is 4. The Labute approximate surface area is 188 Å². The van der Waals surface area contributed by atoms with Gasteiger partial charge in [-0.3, -0.25) is 14.8 Å². The SMILES string of the molecule is CC(C(=O)Nc1ncn(Cc2ccc(Cl)cc2)n1)n1nc(C(F)(F)F)c(Br)c1C1CC1. The van der Waals surface area contributed by atoms with Crippen molar-refractivity contribution >= 4 is 39.4 Å². The second-order valence-corrected chi connectivity index (χ2v) is 8.55. The molecule has 0 bridgehead atoms. The highest BCUT2D eigenvalue weighted by atomic mass is 79.9. The second kappa shape index (κ2) is 8.27. The summed E-state index contributed by atoms with van der Waals surface area (Å²) in [7, 11) is 0. The van der Waals surface area contributed by atoms with Crippen molar-refractivity contribution in [2.75, 3.05) is 5.32 Å². The number of alkyl halides is 3. The van der Waals surface area contributed by atoms with Gasteiger partial charge in [-0.25, -0.2) is 9.67 Å². The largest absolute Gasteiger partial charge is 0.436 e. The van der Waals surface area contributed by atoms with Crippen LogP contribution in [-0.4, -0.2) is 30.5 Å². The first kappa shape index (κ1) is 21.8. The van der Waals surface area contributed by atoms with Crippen molar-refractivity contribution in [2.45, 2.75) is 44.4 Å². The number of carbonyl (C=O) groups excluding carboxylic acids is 1. The Morgan fingerprint density at radius 2 is 1.97 bits per heavy atom. The van der Waals surface area contributed by atoms with Crippen LogP contribution in [0.1, 0.15) is 48.7 Å². The third-order valence-electron chi connectivity index (χ3n) is 4.90. The molecule has 1 atom stereocenters. The van der Waals surface area contributed by atoms with Gasteiger partial charge in [0.25, 0.3) is 5.91 Å². The fourth-order valence-electron chi connectivity index (χ4n) is 3.16. The van der Waals surface area contributed by atoms with E-state index in [4.69, 9.17) is 11.6 Å². The molecular formula is C19H17BrClF3N6O. The van der Waals surface area contributed by atoms with Gasteiger partial charge in [-0.05, 0) is 53.4 Å². The van der Waals surface area contributed by atoms with Crippen LogP contribution in [0.4, 0.5) is 19.1 Å². The minimum Gasteiger partial charge on any atom is -0.291 e. The summed E-state index contributed by atoms with van der Waals surface area (Å²) in [6, 6.07) is 6.22. The zero-order valence-corrected chi connectivity index (χ0v) is 18.5. The number of halogens is 5. The molecule has 4 rings (SSSR count). The molecule has 31 heavy (non-hydrogen) atoms. The van der Waals surface area contributed by atoms with Gasteiger partial charge >= 0.3 is 6.18 Å². The Kier molecular flexibility index (Phi) is 5.82. The van der Waals surface area contributed by atoms with Crippen molar-refractivity contribution in [3.63, 3.8) is 0 Å². The number of aromatic nitrogens is 5. The van der Waals surface area contributed by atoms with Crippen LogP contribution in [0.15, 0.2) is 35.1 Å². The summed E-state index contributed by atoms with van der Waals surface area (Å²) < 4.78 is 42.5. The molecule has 0 saturated heterocycles. The maximum absolute atomic E-state index is 13.3. The lowest BCUT2D eigenvalue weighted by Gasteiger charge is -2.14. The zero-order valence-electron chi connectivity index (χ0n) is 16.2. The predicted molar refractivity (Wildman–Crippen MR) is 111 cm³/mol. The lowest BCUT2D eigenvalue weighted by molar-refractivity contribution is -0.142. The van der Waals surface area contributed by atoms with Gasteiger partial charge in [0, 0.05) is 10.9 Å². The number of benzene rings is 1. The van der Waals surface area contributed by atoms with Gasteiger partial charge in [0.2, 0.25) is 5.95 Å². The fraction of sp³-hybridized carbons (Fsp3) is 0.368. The smallest absolute Gasteiger partial charge is 0.291 e. The quantitative estimate of drug-likeness (QED) is 0.497. The molecule has 12 heteroatoms. The molecule has 1 aliphatic rings. The minimum absolute atomic E-state index is 0.0510. The highest BCUT2D eigenvalue weighted by Crippen LogP contribution is 2.47. The lowest BCUT2D eigenvalue weighted by atomic mass is 10.2. The average Bonchev–Trinajstić information content (AvgIpc) is 3.34. The zero-order chi connectivity index (χ0) is 22.3. The average molecular weight is 518 g/mol. The number of nitrogens with zero attached hydrogens (tertiary/aromatic N) is 5. The van der Waals surface area contributed by atoms with Crippen molar-refractivity contribution in [3.05, 3.63) is 57.0 Å². The molecule has 1 aromatic carbocycles. The molecule has 2 aromatic heterocycles. The first-order valence-electron chi connectivity index (χ1n) is 9.43. The van der Waals surface area contributed by atoms with Gasteiger partial charge in [0.05, 0.1) is 16.7 Å². The van der Waals surface area contributed by atoms with E-state index in [0.29, 0.717) is 17.3 Å². The van der Waals surface area contributed by atoms with E-state index in [0.717, 1.165) is 23.1 Å². The summed E-state index contributed by atoms with van der Waals surface area (Å²) in [5.41, 5.74) is 0.298. The predicted octanol–water partition coefficient (Wildman–Crippen LogP) is 5.03. The number of anilines is 1. The van der Waals surface area contributed by atoms with Gasteiger partial charge in [0.1, 0.15) is 12.4 Å². The topological polar surface area (TPSA) is 77.6 Å². The standard InChI is InChI=1S/C19H17BrClF3N6O/c1-10(30-15(12-4-5-12)14(20)16(27-30)19(22,23)24)17(31)26-18-25-9-29(28-18)8-11-2-6-13(21)7-3-11/h2-3,6-7,9-10,12H,4-5,8H2,1H3,(H,26,28,31). The Morgan fingerprint density at radius 1 is 1.29 bits per heavy atom. The van der Waals surface area contributed by atoms with E-state index in [2.05, 4.69) is 36.4 Å². The summed E-state index contributed by atoms with van der Waals surface area (Å²) in [5.74, 6) is -0.555. The molecule has 0 spiro atoms. The molecule has 3 aromatic rings. The van der Waals surface area contributed by atoms with E-state index < -0.39 is 23.8 Å². The number of nitrogens with one attached hydrogen (secondary N) is 1. The van der Waals surface area contributed by atoms with Gasteiger partial charge in [0.15, 0.2) is 5.69 Å². The van der Waals surface area contributed by atoms with Crippen molar-refractivity contribution in [3.8, 4) is 0 Å². The van der Waals surface area contributed by atoms with Crippen LogP contribution >= 0.6 is 27.5 Å². The molecular weight excluding hydrogens is 501 g/mol. The number of hydrogen-bond donors (Lipinski definition) is 1. The van der Waals surface area contributed by atoms with E-state index >= 15 is 0 Å². The minimum atomic E-state index is -4.62. The molecule has 1 N–H and O–H groups in total. The molecule has 1 fully saturated rings. The van der Waals surface area contributed by atoms with Crippen molar-refractivity contribution in [2.24, 2.45) is 0 Å². The van der Waals surface area contributed by atoms with Crippen molar-refractivity contribution < 1.29 is 18.0 Å². The van der Waals surface area contributed by atoms with Crippen LogP contribution in [-0.2, 0) is 17.5 Å². The summed E-state index contributed by atoms with van der Waals surface area (Å²) >= 11 is 8.90. The van der Waals surface area contributed by atoms with Crippen LogP contribution < -0.4 is 5.32 Å². The van der Waals surface area contributed by atoms with E-state index in [-0.39, 0.29) is 16.3 Å². The summed E-state index contributed by atoms with van der Waals surface area (Å²) in [5, 5.41) is 11.1. The molecule has 1 saturated carbocycles. The number of rotatable bonds is 6. The van der Waals surface area contributed by atoms with E-state index in [1.807, 2.05) is 12.1 Å². The first-order valence-corrected chi connectivity index (χ1v) is 10.6. The van der Waals surface area contributed by atoms with E-state index in [1.54, 1.807) is 12.1 Å². The van der Waals surface area contributed by atoms with Gasteiger partial charge in [-0.1, -0.05) is 23.7 Å². The van der Waals surface area contributed by atoms with Crippen LogP contribution in [0.5, 0.6) is 0 Å². The van der Waals surface area contributed by atoms with Crippen LogP contribution in [0.2, 0.25) is 5.02 Å². The number of amides is 1. The molecule has 7 nitrogen and oxygen atoms in total. The van der Waals surface area contributed by atoms with Crippen LogP contribution in [0.3, 0.4) is 0 Å². The van der Waals surface area contributed by atoms with Gasteiger partial charge in [-0.15, -0.1) is 5.10 Å². The Hall–Kier alpha value is -2.40. The fourth-order valence-corrected chi connectivity index (χ4v) is 4.09. The summed E-state index contributed by atoms with van der Waals surface area (Å²) in [6.45, 7) is 1.91. The Morgan fingerprint density at radius 3 is 2.58 bits per heavy atom. The lowest BCUT2D eigenvalue weighted by Crippen LogP contribution is -2.26. The van der Waals surface area contributed by atoms with E-state index in [9.17, 15) is 18.0 Å². The first-order chi connectivity index (χ1) is 14.6. The van der Waals surface area contributed by atoms with E-state index in [1.165, 1.54) is 17.9 Å². The molecule has 2 heterocycles. The van der Waals surface area contributed by atoms with Gasteiger partial charge < -0.3 is 0 Å². The summed E-state index contributed by atoms with van der Waals surface area (Å²) in [6.07, 6.45) is -1.65. The third kappa shape index (κ3) is 4.77. The Bertz CT molecular complexity index is 1110. The summed E-state index contributed by atoms with van der Waals surface area (Å²) in [4.78, 5) is 16.8. The molecule has 1 unspecified atom stereocenters. The highest BCUT2D eigenvalue weighted by Gasteiger charge is 2.43. The van der Waals surface area contributed by atoms with Crippen molar-refractivity contribution in [1.29, 1.82) is 0 Å². The third-order valence-corrected chi connectivity index (χ3v) is 5.93. The monoisotopic (exact) mass is 516 g/mol. The normalized spacial score (nSPS) is 15.2. The molecule has 0 radical (unpaired) electrons. The van der Waals surface area contributed by atoms with Crippen LogP contribution in [0.25, 0.3) is 0 Å².